The number of carbonyl (C=O) groups excluding carboxylic acids is 2. The lowest BCUT2D eigenvalue weighted by Crippen LogP contribution is -2.30. The highest BCUT2D eigenvalue weighted by molar-refractivity contribution is 5.91. The predicted molar refractivity (Wildman–Crippen MR) is 115 cm³/mol. The molecule has 0 fully saturated rings. The third-order valence-electron chi connectivity index (χ3n) is 4.63. The predicted octanol–water partition coefficient (Wildman–Crippen LogP) is 4.39. The summed E-state index contributed by atoms with van der Waals surface area (Å²) in [6.07, 6.45) is 0. The van der Waals surface area contributed by atoms with Crippen molar-refractivity contribution in [3.8, 4) is 5.75 Å². The van der Waals surface area contributed by atoms with Crippen LogP contribution in [0.5, 0.6) is 5.75 Å². The lowest BCUT2D eigenvalue weighted by atomic mass is 10.1. The lowest BCUT2D eigenvalue weighted by Gasteiger charge is -2.17. The first-order valence-electron chi connectivity index (χ1n) is 9.74. The summed E-state index contributed by atoms with van der Waals surface area (Å²) >= 11 is 0. The maximum atomic E-state index is 12.3. The number of carbonyl (C=O) groups is 2. The molecule has 0 atom stereocenters. The molecule has 0 heterocycles. The molecule has 3 aromatic rings. The van der Waals surface area contributed by atoms with Crippen LogP contribution in [-0.2, 0) is 22.7 Å². The van der Waals surface area contributed by atoms with Crippen molar-refractivity contribution in [2.24, 2.45) is 0 Å². The van der Waals surface area contributed by atoms with Gasteiger partial charge in [0.15, 0.2) is 6.61 Å². The van der Waals surface area contributed by atoms with Crippen LogP contribution in [0.25, 0.3) is 0 Å². The highest BCUT2D eigenvalue weighted by Crippen LogP contribution is 2.15. The van der Waals surface area contributed by atoms with Crippen molar-refractivity contribution in [1.82, 2.24) is 4.90 Å². The van der Waals surface area contributed by atoms with Gasteiger partial charge in [-0.15, -0.1) is 0 Å². The van der Waals surface area contributed by atoms with Crippen molar-refractivity contribution in [3.63, 3.8) is 0 Å². The zero-order valence-corrected chi connectivity index (χ0v) is 17.2. The summed E-state index contributed by atoms with van der Waals surface area (Å²) in [7, 11) is 1.69. The highest BCUT2D eigenvalue weighted by atomic mass is 16.5. The van der Waals surface area contributed by atoms with Gasteiger partial charge in [-0.25, -0.2) is 4.79 Å². The molecule has 0 saturated heterocycles. The topological polar surface area (TPSA) is 55.8 Å². The Morgan fingerprint density at radius 3 is 2.17 bits per heavy atom. The number of hydrogen-bond donors (Lipinski definition) is 0. The van der Waals surface area contributed by atoms with Crippen molar-refractivity contribution in [2.75, 3.05) is 13.7 Å². The van der Waals surface area contributed by atoms with Crippen molar-refractivity contribution in [2.45, 2.75) is 20.1 Å². The van der Waals surface area contributed by atoms with E-state index < -0.39 is 5.97 Å². The second-order valence-corrected chi connectivity index (χ2v) is 7.11. The number of nitrogens with zero attached hydrogens (tertiary/aromatic N) is 1. The van der Waals surface area contributed by atoms with E-state index in [1.165, 1.54) is 0 Å². The fourth-order valence-electron chi connectivity index (χ4n) is 2.80. The molecule has 0 aromatic heterocycles. The minimum Gasteiger partial charge on any atom is -0.489 e. The molecule has 5 nitrogen and oxygen atoms in total. The molecular weight excluding hydrogens is 378 g/mol. The van der Waals surface area contributed by atoms with E-state index in [1.807, 2.05) is 61.5 Å². The average Bonchev–Trinajstić information content (AvgIpc) is 2.78. The van der Waals surface area contributed by atoms with Crippen LogP contribution >= 0.6 is 0 Å². The summed E-state index contributed by atoms with van der Waals surface area (Å²) in [5.74, 6) is -0.141. The number of rotatable bonds is 8. The maximum Gasteiger partial charge on any atom is 0.338 e. The standard InChI is InChI=1S/C25H25NO4/c1-19-8-10-20(11-9-19)16-26(2)24(27)18-30-25(28)22-12-14-23(15-13-22)29-17-21-6-4-3-5-7-21/h3-15H,16-18H2,1-2H3. The molecule has 0 unspecified atom stereocenters. The van der Waals surface area contributed by atoms with Gasteiger partial charge in [-0.2, -0.15) is 0 Å². The maximum absolute atomic E-state index is 12.3. The molecule has 1 amide bonds. The van der Waals surface area contributed by atoms with Gasteiger partial charge in [-0.05, 0) is 42.3 Å². The number of likely N-dealkylation sites (N-methyl/N-ethyl adjacent to an activating group) is 1. The SMILES string of the molecule is Cc1ccc(CN(C)C(=O)COC(=O)c2ccc(OCc3ccccc3)cc2)cc1. The summed E-state index contributed by atoms with van der Waals surface area (Å²) in [6.45, 7) is 2.63. The van der Waals surface area contributed by atoms with E-state index in [-0.39, 0.29) is 12.5 Å². The van der Waals surface area contributed by atoms with Gasteiger partial charge in [-0.1, -0.05) is 60.2 Å². The number of hydrogen-bond acceptors (Lipinski definition) is 4. The zero-order chi connectivity index (χ0) is 21.3. The Labute approximate surface area is 176 Å². The van der Waals surface area contributed by atoms with E-state index in [4.69, 9.17) is 9.47 Å². The molecule has 0 aliphatic heterocycles. The zero-order valence-electron chi connectivity index (χ0n) is 17.2. The van der Waals surface area contributed by atoms with E-state index in [9.17, 15) is 9.59 Å². The van der Waals surface area contributed by atoms with Crippen molar-refractivity contribution in [1.29, 1.82) is 0 Å². The van der Waals surface area contributed by atoms with Crippen LogP contribution in [0.1, 0.15) is 27.0 Å². The Balaban J connectivity index is 1.45. The molecule has 0 spiro atoms. The van der Waals surface area contributed by atoms with Crippen molar-refractivity contribution < 1.29 is 19.1 Å². The summed E-state index contributed by atoms with van der Waals surface area (Å²) in [5, 5.41) is 0. The fraction of sp³-hybridized carbons (Fsp3) is 0.200. The van der Waals surface area contributed by atoms with E-state index >= 15 is 0 Å². The molecule has 0 bridgehead atoms. The van der Waals surface area contributed by atoms with Crippen molar-refractivity contribution >= 4 is 11.9 Å². The molecule has 0 N–H and O–H groups in total. The first-order valence-corrected chi connectivity index (χ1v) is 9.74. The van der Waals surface area contributed by atoms with E-state index in [2.05, 4.69) is 0 Å². The summed E-state index contributed by atoms with van der Waals surface area (Å²) in [5.41, 5.74) is 3.62. The Morgan fingerprint density at radius 1 is 0.833 bits per heavy atom. The largest absolute Gasteiger partial charge is 0.489 e. The van der Waals surface area contributed by atoms with Crippen molar-refractivity contribution in [3.05, 3.63) is 101 Å². The van der Waals surface area contributed by atoms with Gasteiger partial charge in [0, 0.05) is 13.6 Å². The number of amides is 1. The van der Waals surface area contributed by atoms with Crippen LogP contribution in [0.2, 0.25) is 0 Å². The summed E-state index contributed by atoms with van der Waals surface area (Å²) in [4.78, 5) is 26.0. The summed E-state index contributed by atoms with van der Waals surface area (Å²) < 4.78 is 10.9. The molecule has 154 valence electrons. The van der Waals surface area contributed by atoms with Gasteiger partial charge in [0.2, 0.25) is 0 Å². The lowest BCUT2D eigenvalue weighted by molar-refractivity contribution is -0.133. The molecule has 0 saturated carbocycles. The first kappa shape index (κ1) is 21.1. The van der Waals surface area contributed by atoms with Crippen LogP contribution < -0.4 is 4.74 Å². The molecule has 30 heavy (non-hydrogen) atoms. The molecule has 0 aliphatic carbocycles. The second kappa shape index (κ2) is 10.3. The normalized spacial score (nSPS) is 10.3. The smallest absolute Gasteiger partial charge is 0.338 e. The number of aryl methyl sites for hydroxylation is 1. The van der Waals surface area contributed by atoms with Gasteiger partial charge in [0.05, 0.1) is 5.56 Å². The van der Waals surface area contributed by atoms with E-state index in [0.717, 1.165) is 16.7 Å². The van der Waals surface area contributed by atoms with Gasteiger partial charge < -0.3 is 14.4 Å². The van der Waals surface area contributed by atoms with E-state index in [1.54, 1.807) is 36.2 Å². The minimum absolute atomic E-state index is 0.258. The second-order valence-electron chi connectivity index (χ2n) is 7.11. The third-order valence-corrected chi connectivity index (χ3v) is 4.63. The Kier molecular flexibility index (Phi) is 7.22. The van der Waals surface area contributed by atoms with Gasteiger partial charge in [0.25, 0.3) is 5.91 Å². The average molecular weight is 403 g/mol. The monoisotopic (exact) mass is 403 g/mol. The molecule has 3 aromatic carbocycles. The van der Waals surface area contributed by atoms with Crippen LogP contribution in [-0.4, -0.2) is 30.4 Å². The Bertz CT molecular complexity index is 966. The third kappa shape index (κ3) is 6.21. The minimum atomic E-state index is -0.540. The molecular formula is C25H25NO4. The quantitative estimate of drug-likeness (QED) is 0.524. The van der Waals surface area contributed by atoms with Crippen LogP contribution in [0.15, 0.2) is 78.9 Å². The summed E-state index contributed by atoms with van der Waals surface area (Å²) in [6, 6.07) is 24.5. The van der Waals surface area contributed by atoms with Gasteiger partial charge >= 0.3 is 5.97 Å². The number of ether oxygens (including phenoxy) is 2. The number of benzene rings is 3. The van der Waals surface area contributed by atoms with Crippen LogP contribution in [0.3, 0.4) is 0 Å². The van der Waals surface area contributed by atoms with Gasteiger partial charge in [0.1, 0.15) is 12.4 Å². The fourth-order valence-corrected chi connectivity index (χ4v) is 2.80. The highest BCUT2D eigenvalue weighted by Gasteiger charge is 2.14. The van der Waals surface area contributed by atoms with E-state index in [0.29, 0.717) is 24.5 Å². The Hall–Kier alpha value is -3.60. The van der Waals surface area contributed by atoms with Crippen LogP contribution in [0, 0.1) is 6.92 Å². The van der Waals surface area contributed by atoms with Crippen LogP contribution in [0.4, 0.5) is 0 Å². The molecule has 3 rings (SSSR count). The molecule has 5 heteroatoms. The Morgan fingerprint density at radius 2 is 1.50 bits per heavy atom. The molecule has 0 aliphatic rings. The number of esters is 1. The first-order chi connectivity index (χ1) is 14.5. The molecule has 0 radical (unpaired) electrons. The van der Waals surface area contributed by atoms with Gasteiger partial charge in [-0.3, -0.25) is 4.79 Å².